The molecule has 1 atom stereocenters. The molecule has 0 bridgehead atoms. The summed E-state index contributed by atoms with van der Waals surface area (Å²) in [6.45, 7) is 5.16. The molecule has 0 aliphatic heterocycles. The predicted octanol–water partition coefficient (Wildman–Crippen LogP) is 15.9. The lowest BCUT2D eigenvalue weighted by Gasteiger charge is -2.15. The second kappa shape index (κ2) is 49.2. The molecule has 0 aromatic rings. The van der Waals surface area contributed by atoms with Gasteiger partial charge in [-0.3, -0.25) is 4.79 Å². The van der Waals surface area contributed by atoms with Gasteiger partial charge in [-0.05, 0) is 103 Å². The molecule has 0 saturated heterocycles. The monoisotopic (exact) mass is 789 g/mol. The zero-order valence-electron chi connectivity index (χ0n) is 37.1. The van der Waals surface area contributed by atoms with Crippen LogP contribution in [0.2, 0.25) is 0 Å². The Bertz CT molecular complexity index is 1100. The van der Waals surface area contributed by atoms with Crippen molar-refractivity contribution in [2.24, 2.45) is 0 Å². The first kappa shape index (κ1) is 54.1. The summed E-state index contributed by atoms with van der Waals surface area (Å²) in [7, 11) is 0. The number of hydrogen-bond acceptors (Lipinski definition) is 4. The van der Waals surface area contributed by atoms with Gasteiger partial charge in [0.1, 0.15) is 6.10 Å². The Morgan fingerprint density at radius 1 is 0.439 bits per heavy atom. The van der Waals surface area contributed by atoms with Gasteiger partial charge in [-0.25, -0.2) is 0 Å². The van der Waals surface area contributed by atoms with E-state index < -0.39 is 6.10 Å². The van der Waals surface area contributed by atoms with Crippen LogP contribution in [0.25, 0.3) is 0 Å². The van der Waals surface area contributed by atoms with Crippen molar-refractivity contribution in [3.8, 4) is 0 Å². The molecule has 4 heteroatoms. The van der Waals surface area contributed by atoms with E-state index in [0.717, 1.165) is 89.9 Å². The number of carbonyl (C=O) groups is 1. The first-order chi connectivity index (χ1) is 28.2. The molecule has 0 aliphatic carbocycles. The number of carbonyl (C=O) groups excluding carboxylic acids is 1. The molecular formula is C53H88O4. The molecule has 1 unspecified atom stereocenters. The van der Waals surface area contributed by atoms with Crippen LogP contribution in [-0.4, -0.2) is 37.0 Å². The molecule has 0 aliphatic rings. The average Bonchev–Trinajstić information content (AvgIpc) is 3.22. The number of hydrogen-bond donors (Lipinski definition) is 1. The van der Waals surface area contributed by atoms with Crippen LogP contribution in [0.1, 0.15) is 194 Å². The fourth-order valence-electron chi connectivity index (χ4n) is 6.10. The van der Waals surface area contributed by atoms with Crippen molar-refractivity contribution in [3.05, 3.63) is 109 Å². The summed E-state index contributed by atoms with van der Waals surface area (Å²) in [5.41, 5.74) is 0. The standard InChI is InChI=1S/C53H88O4/c1-3-5-7-9-11-13-15-17-19-21-23-25-26-27-28-29-30-32-34-36-38-40-42-44-46-48-53(55)57-52(50-54)51-56-49-47-45-43-41-39-37-35-33-31-24-22-20-18-16-14-12-10-8-6-4-2/h5,7,11-14,17-20,23-25,27-28,30-32,52,54H,3-4,6,8-10,15-16,21-22,26,29,33-51H2,1-2H3/b7-5-,13-11-,14-12-,19-17-,20-18-,25-23-,28-27-,31-24-,32-30-. The first-order valence-electron chi connectivity index (χ1n) is 23.5. The number of esters is 1. The summed E-state index contributed by atoms with van der Waals surface area (Å²) < 4.78 is 11.2. The Labute approximate surface area is 353 Å². The number of aliphatic hydroxyl groups is 1. The van der Waals surface area contributed by atoms with E-state index in [-0.39, 0.29) is 19.2 Å². The molecule has 4 nitrogen and oxygen atoms in total. The Morgan fingerprint density at radius 3 is 1.19 bits per heavy atom. The zero-order chi connectivity index (χ0) is 41.2. The number of allylic oxidation sites excluding steroid dienone is 18. The lowest BCUT2D eigenvalue weighted by atomic mass is 10.1. The van der Waals surface area contributed by atoms with Gasteiger partial charge in [0.2, 0.25) is 0 Å². The number of ether oxygens (including phenoxy) is 2. The van der Waals surface area contributed by atoms with E-state index in [1.807, 2.05) is 0 Å². The van der Waals surface area contributed by atoms with Crippen molar-refractivity contribution in [1.82, 2.24) is 0 Å². The molecule has 0 spiro atoms. The van der Waals surface area contributed by atoms with Gasteiger partial charge in [-0.1, -0.05) is 194 Å². The van der Waals surface area contributed by atoms with E-state index in [1.54, 1.807) is 0 Å². The number of unbranched alkanes of at least 4 members (excludes halogenated alkanes) is 16. The maximum Gasteiger partial charge on any atom is 0.306 e. The van der Waals surface area contributed by atoms with Crippen molar-refractivity contribution in [2.75, 3.05) is 19.8 Å². The van der Waals surface area contributed by atoms with Crippen molar-refractivity contribution in [1.29, 1.82) is 0 Å². The smallest absolute Gasteiger partial charge is 0.306 e. The fourth-order valence-corrected chi connectivity index (χ4v) is 6.10. The normalized spacial score (nSPS) is 13.4. The van der Waals surface area contributed by atoms with E-state index in [1.165, 1.54) is 83.5 Å². The second-order valence-corrected chi connectivity index (χ2v) is 15.1. The van der Waals surface area contributed by atoms with E-state index in [9.17, 15) is 9.90 Å². The second-order valence-electron chi connectivity index (χ2n) is 15.1. The predicted molar refractivity (Wildman–Crippen MR) is 251 cm³/mol. The van der Waals surface area contributed by atoms with Crippen LogP contribution >= 0.6 is 0 Å². The van der Waals surface area contributed by atoms with Crippen LogP contribution < -0.4 is 0 Å². The largest absolute Gasteiger partial charge is 0.457 e. The molecule has 0 amide bonds. The Hall–Kier alpha value is -2.95. The van der Waals surface area contributed by atoms with E-state index in [2.05, 4.69) is 123 Å². The molecule has 0 aromatic carbocycles. The van der Waals surface area contributed by atoms with Crippen LogP contribution in [0.4, 0.5) is 0 Å². The summed E-state index contributed by atoms with van der Waals surface area (Å²) in [4.78, 5) is 12.2. The molecule has 324 valence electrons. The Balaban J connectivity index is 3.55. The third-order valence-corrected chi connectivity index (χ3v) is 9.58. The maximum atomic E-state index is 12.2. The number of aliphatic hydroxyl groups excluding tert-OH is 1. The van der Waals surface area contributed by atoms with E-state index in [0.29, 0.717) is 13.0 Å². The van der Waals surface area contributed by atoms with Crippen molar-refractivity contribution >= 4 is 5.97 Å². The van der Waals surface area contributed by atoms with Gasteiger partial charge >= 0.3 is 5.97 Å². The third-order valence-electron chi connectivity index (χ3n) is 9.58. The SMILES string of the molecule is CC/C=C\C/C=C\C/C=C\C/C=C\C/C=C\C/C=C\CCCCCCCCC(=O)OC(CO)COCCCCCCCCC/C=C\C/C=C\C/C=C\CCCCC. The molecule has 0 radical (unpaired) electrons. The molecule has 0 saturated carbocycles. The van der Waals surface area contributed by atoms with Gasteiger partial charge in [0.25, 0.3) is 0 Å². The van der Waals surface area contributed by atoms with Crippen molar-refractivity contribution in [2.45, 2.75) is 200 Å². The Morgan fingerprint density at radius 2 is 0.789 bits per heavy atom. The highest BCUT2D eigenvalue weighted by molar-refractivity contribution is 5.69. The van der Waals surface area contributed by atoms with Gasteiger partial charge < -0.3 is 14.6 Å². The quantitative estimate of drug-likeness (QED) is 0.0380. The summed E-state index contributed by atoms with van der Waals surface area (Å²) in [6.07, 6.45) is 71.5. The first-order valence-corrected chi connectivity index (χ1v) is 23.5. The van der Waals surface area contributed by atoms with Gasteiger partial charge in [-0.2, -0.15) is 0 Å². The minimum absolute atomic E-state index is 0.189. The van der Waals surface area contributed by atoms with Gasteiger partial charge in [0.15, 0.2) is 0 Å². The fraction of sp³-hybridized carbons (Fsp3) is 0.642. The van der Waals surface area contributed by atoms with Crippen molar-refractivity contribution < 1.29 is 19.4 Å². The molecular weight excluding hydrogens is 701 g/mol. The van der Waals surface area contributed by atoms with Crippen LogP contribution in [0.15, 0.2) is 109 Å². The Kier molecular flexibility index (Phi) is 46.7. The summed E-state index contributed by atoms with van der Waals surface area (Å²) >= 11 is 0. The molecule has 0 heterocycles. The summed E-state index contributed by atoms with van der Waals surface area (Å²) in [5, 5.41) is 9.63. The van der Waals surface area contributed by atoms with Crippen LogP contribution in [0, 0.1) is 0 Å². The highest BCUT2D eigenvalue weighted by Gasteiger charge is 2.13. The highest BCUT2D eigenvalue weighted by atomic mass is 16.6. The van der Waals surface area contributed by atoms with Crippen molar-refractivity contribution in [3.63, 3.8) is 0 Å². The third kappa shape index (κ3) is 47.3. The molecule has 0 rings (SSSR count). The molecule has 57 heavy (non-hydrogen) atoms. The minimum Gasteiger partial charge on any atom is -0.457 e. The molecule has 1 N–H and O–H groups in total. The maximum absolute atomic E-state index is 12.2. The van der Waals surface area contributed by atoms with E-state index >= 15 is 0 Å². The van der Waals surface area contributed by atoms with Gasteiger partial charge in [-0.15, -0.1) is 0 Å². The molecule has 0 aromatic heterocycles. The summed E-state index contributed by atoms with van der Waals surface area (Å²) in [5.74, 6) is -0.223. The molecule has 0 fully saturated rings. The van der Waals surface area contributed by atoms with E-state index in [4.69, 9.17) is 9.47 Å². The van der Waals surface area contributed by atoms with Crippen LogP contribution in [0.5, 0.6) is 0 Å². The lowest BCUT2D eigenvalue weighted by molar-refractivity contribution is -0.154. The minimum atomic E-state index is -0.557. The topological polar surface area (TPSA) is 55.8 Å². The van der Waals surface area contributed by atoms with Gasteiger partial charge in [0, 0.05) is 13.0 Å². The van der Waals surface area contributed by atoms with Crippen LogP contribution in [0.3, 0.4) is 0 Å². The lowest BCUT2D eigenvalue weighted by Crippen LogP contribution is -2.27. The zero-order valence-corrected chi connectivity index (χ0v) is 37.1. The number of rotatable bonds is 42. The van der Waals surface area contributed by atoms with Crippen LogP contribution in [-0.2, 0) is 14.3 Å². The average molecular weight is 789 g/mol. The summed E-state index contributed by atoms with van der Waals surface area (Å²) in [6, 6.07) is 0. The highest BCUT2D eigenvalue weighted by Crippen LogP contribution is 2.12. The van der Waals surface area contributed by atoms with Gasteiger partial charge in [0.05, 0.1) is 13.2 Å².